The lowest BCUT2D eigenvalue weighted by Gasteiger charge is -1.99. The van der Waals surface area contributed by atoms with Gasteiger partial charge in [-0.2, -0.15) is 11.8 Å². The Kier molecular flexibility index (Phi) is 7.74. The van der Waals surface area contributed by atoms with Crippen LogP contribution >= 0.6 is 11.8 Å². The summed E-state index contributed by atoms with van der Waals surface area (Å²) in [4.78, 5) is 20.3. The van der Waals surface area contributed by atoms with Crippen molar-refractivity contribution in [3.63, 3.8) is 0 Å². The third-order valence-corrected chi connectivity index (χ3v) is 3.50. The molecule has 0 radical (unpaired) electrons. The van der Waals surface area contributed by atoms with Gasteiger partial charge in [-0.15, -0.1) is 0 Å². The fraction of sp³-hybridized carbons (Fsp3) is 0.429. The minimum absolute atomic E-state index is 0.204. The van der Waals surface area contributed by atoms with Crippen LogP contribution in [0.25, 0.3) is 0 Å². The predicted molar refractivity (Wildman–Crippen MR) is 77.1 cm³/mol. The van der Waals surface area contributed by atoms with Gasteiger partial charge in [0, 0.05) is 24.5 Å². The molecular weight excluding hydrogens is 262 g/mol. The smallest absolute Gasteiger partial charge is 0.304 e. The van der Waals surface area contributed by atoms with Crippen LogP contribution in [0, 0.1) is 0 Å². The Morgan fingerprint density at radius 3 is 2.53 bits per heavy atom. The number of benzene rings is 1. The van der Waals surface area contributed by atoms with E-state index in [1.165, 1.54) is 5.56 Å². The molecule has 1 aromatic rings. The molecule has 1 saturated heterocycles. The second-order valence-corrected chi connectivity index (χ2v) is 5.24. The van der Waals surface area contributed by atoms with E-state index in [2.05, 4.69) is 5.32 Å². The Morgan fingerprint density at radius 2 is 2.05 bits per heavy atom. The zero-order valence-corrected chi connectivity index (χ0v) is 11.6. The van der Waals surface area contributed by atoms with Gasteiger partial charge in [-0.25, -0.2) is 0 Å². The molecule has 1 amide bonds. The number of thioether (sulfide) groups is 1. The van der Waals surface area contributed by atoms with E-state index in [0.29, 0.717) is 5.75 Å². The molecule has 0 spiro atoms. The first-order valence-corrected chi connectivity index (χ1v) is 7.44. The molecule has 19 heavy (non-hydrogen) atoms. The van der Waals surface area contributed by atoms with Crippen molar-refractivity contribution < 1.29 is 14.7 Å². The summed E-state index contributed by atoms with van der Waals surface area (Å²) < 4.78 is 0. The normalized spacial score (nSPS) is 13.4. The molecule has 0 aromatic heterocycles. The number of carbonyl (C=O) groups is 2. The second kappa shape index (κ2) is 9.44. The maximum atomic E-state index is 10.2. The standard InChI is InChI=1S/C10H12O2S.C4H7NO/c11-10(12)6-7-13-8-9-4-2-1-3-5-9;6-4-2-1-3-5-4/h1-5H,6-8H2,(H,11,12);1-3H2,(H,5,6). The van der Waals surface area contributed by atoms with E-state index in [1.807, 2.05) is 30.3 Å². The van der Waals surface area contributed by atoms with Crippen molar-refractivity contribution in [2.45, 2.75) is 25.0 Å². The molecule has 0 aliphatic carbocycles. The van der Waals surface area contributed by atoms with Crippen molar-refractivity contribution >= 4 is 23.6 Å². The van der Waals surface area contributed by atoms with Gasteiger partial charge in [0.25, 0.3) is 0 Å². The molecule has 5 heteroatoms. The maximum absolute atomic E-state index is 10.2. The van der Waals surface area contributed by atoms with Crippen LogP contribution in [0.2, 0.25) is 0 Å². The number of aliphatic carboxylic acids is 1. The van der Waals surface area contributed by atoms with Gasteiger partial charge in [0.05, 0.1) is 6.42 Å². The maximum Gasteiger partial charge on any atom is 0.304 e. The van der Waals surface area contributed by atoms with E-state index in [4.69, 9.17) is 5.11 Å². The number of hydrogen-bond donors (Lipinski definition) is 2. The molecule has 0 atom stereocenters. The zero-order valence-electron chi connectivity index (χ0n) is 10.8. The van der Waals surface area contributed by atoms with Crippen molar-refractivity contribution in [1.29, 1.82) is 0 Å². The number of carbonyl (C=O) groups excluding carboxylic acids is 1. The summed E-state index contributed by atoms with van der Waals surface area (Å²) >= 11 is 1.65. The number of amides is 1. The van der Waals surface area contributed by atoms with E-state index < -0.39 is 5.97 Å². The predicted octanol–water partition coefficient (Wildman–Crippen LogP) is 2.29. The van der Waals surface area contributed by atoms with Crippen molar-refractivity contribution in [2.75, 3.05) is 12.3 Å². The largest absolute Gasteiger partial charge is 0.481 e. The van der Waals surface area contributed by atoms with Crippen molar-refractivity contribution in [2.24, 2.45) is 0 Å². The van der Waals surface area contributed by atoms with Crippen LogP contribution in [0.4, 0.5) is 0 Å². The molecule has 4 nitrogen and oxygen atoms in total. The summed E-state index contributed by atoms with van der Waals surface area (Å²) in [5, 5.41) is 11.1. The van der Waals surface area contributed by atoms with Crippen LogP contribution in [0.1, 0.15) is 24.8 Å². The average Bonchev–Trinajstić information content (AvgIpc) is 2.88. The zero-order chi connectivity index (χ0) is 13.9. The van der Waals surface area contributed by atoms with E-state index in [-0.39, 0.29) is 12.3 Å². The Hall–Kier alpha value is -1.49. The Morgan fingerprint density at radius 1 is 1.32 bits per heavy atom. The van der Waals surface area contributed by atoms with Crippen LogP contribution in [-0.4, -0.2) is 29.3 Å². The number of carboxylic acid groups (broad SMARTS) is 1. The first-order valence-electron chi connectivity index (χ1n) is 6.28. The van der Waals surface area contributed by atoms with Crippen LogP contribution in [0.3, 0.4) is 0 Å². The fourth-order valence-corrected chi connectivity index (χ4v) is 2.38. The molecule has 0 saturated carbocycles. The van der Waals surface area contributed by atoms with Gasteiger partial charge < -0.3 is 10.4 Å². The highest BCUT2D eigenvalue weighted by atomic mass is 32.2. The van der Waals surface area contributed by atoms with Crippen molar-refractivity contribution in [3.05, 3.63) is 35.9 Å². The molecule has 1 aliphatic heterocycles. The Bertz CT molecular complexity index is 387. The van der Waals surface area contributed by atoms with Crippen LogP contribution in [-0.2, 0) is 15.3 Å². The molecular formula is C14H19NO3S. The molecule has 0 unspecified atom stereocenters. The van der Waals surface area contributed by atoms with Gasteiger partial charge in [-0.3, -0.25) is 9.59 Å². The van der Waals surface area contributed by atoms with Crippen LogP contribution < -0.4 is 5.32 Å². The number of carboxylic acids is 1. The molecule has 1 aliphatic rings. The highest BCUT2D eigenvalue weighted by Crippen LogP contribution is 2.12. The van der Waals surface area contributed by atoms with E-state index >= 15 is 0 Å². The molecule has 104 valence electrons. The van der Waals surface area contributed by atoms with E-state index in [0.717, 1.165) is 25.1 Å². The SMILES string of the molecule is O=C(O)CCSCc1ccccc1.O=C1CCCN1. The third-order valence-electron chi connectivity index (χ3n) is 2.47. The minimum Gasteiger partial charge on any atom is -0.481 e. The number of rotatable bonds is 5. The minimum atomic E-state index is -0.722. The summed E-state index contributed by atoms with van der Waals surface area (Å²) in [6.45, 7) is 0.888. The van der Waals surface area contributed by atoms with Crippen LogP contribution in [0.5, 0.6) is 0 Å². The van der Waals surface area contributed by atoms with Gasteiger partial charge in [0.1, 0.15) is 0 Å². The first kappa shape index (κ1) is 15.6. The summed E-state index contributed by atoms with van der Waals surface area (Å²) in [7, 11) is 0. The quantitative estimate of drug-likeness (QED) is 0.813. The highest BCUT2D eigenvalue weighted by Gasteiger charge is 2.05. The lowest BCUT2D eigenvalue weighted by molar-refractivity contribution is -0.136. The van der Waals surface area contributed by atoms with E-state index in [1.54, 1.807) is 11.8 Å². The summed E-state index contributed by atoms with van der Waals surface area (Å²) in [6.07, 6.45) is 2.01. The molecule has 1 fully saturated rings. The lowest BCUT2D eigenvalue weighted by atomic mass is 10.2. The van der Waals surface area contributed by atoms with Gasteiger partial charge in [0.2, 0.25) is 5.91 Å². The lowest BCUT2D eigenvalue weighted by Crippen LogP contribution is -2.12. The first-order chi connectivity index (χ1) is 9.18. The van der Waals surface area contributed by atoms with E-state index in [9.17, 15) is 9.59 Å². The van der Waals surface area contributed by atoms with Crippen molar-refractivity contribution in [1.82, 2.24) is 5.32 Å². The molecule has 1 heterocycles. The molecule has 0 bridgehead atoms. The van der Waals surface area contributed by atoms with Gasteiger partial charge >= 0.3 is 5.97 Å². The average molecular weight is 281 g/mol. The Labute approximate surface area is 117 Å². The summed E-state index contributed by atoms with van der Waals surface area (Å²) in [5.41, 5.74) is 1.25. The van der Waals surface area contributed by atoms with Gasteiger partial charge in [-0.1, -0.05) is 30.3 Å². The van der Waals surface area contributed by atoms with Gasteiger partial charge in [0.15, 0.2) is 0 Å². The third kappa shape index (κ3) is 8.26. The second-order valence-electron chi connectivity index (χ2n) is 4.14. The highest BCUT2D eigenvalue weighted by molar-refractivity contribution is 7.98. The molecule has 2 N–H and O–H groups in total. The molecule has 2 rings (SSSR count). The van der Waals surface area contributed by atoms with Crippen molar-refractivity contribution in [3.8, 4) is 0 Å². The van der Waals surface area contributed by atoms with Gasteiger partial charge in [-0.05, 0) is 12.0 Å². The summed E-state index contributed by atoms with van der Waals surface area (Å²) in [6, 6.07) is 10.1. The topological polar surface area (TPSA) is 66.4 Å². The number of hydrogen-bond acceptors (Lipinski definition) is 3. The molecule has 1 aromatic carbocycles. The monoisotopic (exact) mass is 281 g/mol. The fourth-order valence-electron chi connectivity index (χ4n) is 1.49. The Balaban J connectivity index is 0.000000250. The summed E-state index contributed by atoms with van der Waals surface area (Å²) in [5.74, 6) is 1.06. The number of nitrogens with one attached hydrogen (secondary N) is 1. The van der Waals surface area contributed by atoms with Crippen LogP contribution in [0.15, 0.2) is 30.3 Å².